The van der Waals surface area contributed by atoms with Crippen LogP contribution in [0.2, 0.25) is 0 Å². The predicted octanol–water partition coefficient (Wildman–Crippen LogP) is 2.99. The molecule has 2 N–H and O–H groups in total. The number of anilines is 2. The van der Waals surface area contributed by atoms with Gasteiger partial charge in [0.05, 0.1) is 7.11 Å². The van der Waals surface area contributed by atoms with Crippen molar-refractivity contribution in [2.45, 2.75) is 44.2 Å². The zero-order chi connectivity index (χ0) is 19.8. The Morgan fingerprint density at radius 1 is 1.14 bits per heavy atom. The Kier molecular flexibility index (Phi) is 5.04. The highest BCUT2D eigenvalue weighted by atomic mass is 16.5. The number of aromatic nitrogens is 2. The molecule has 1 aromatic heterocycles. The van der Waals surface area contributed by atoms with Crippen molar-refractivity contribution >= 4 is 11.6 Å². The van der Waals surface area contributed by atoms with E-state index in [2.05, 4.69) is 38.0 Å². The van der Waals surface area contributed by atoms with Crippen molar-refractivity contribution in [3.63, 3.8) is 0 Å². The average molecular weight is 394 g/mol. The molecule has 0 aliphatic carbocycles. The number of benzene rings is 1. The fourth-order valence-electron chi connectivity index (χ4n) is 5.95. The lowest BCUT2D eigenvalue weighted by Gasteiger charge is -2.57. The second-order valence-electron chi connectivity index (χ2n) is 8.89. The summed E-state index contributed by atoms with van der Waals surface area (Å²) in [6.45, 7) is 3.37. The van der Waals surface area contributed by atoms with Gasteiger partial charge in [-0.15, -0.1) is 0 Å². The first kappa shape index (κ1) is 18.7. The summed E-state index contributed by atoms with van der Waals surface area (Å²) in [6.07, 6.45) is 8.02. The van der Waals surface area contributed by atoms with Gasteiger partial charge >= 0.3 is 0 Å². The van der Waals surface area contributed by atoms with Gasteiger partial charge in [0.1, 0.15) is 23.7 Å². The highest BCUT2D eigenvalue weighted by molar-refractivity contribution is 5.46. The zero-order valence-corrected chi connectivity index (χ0v) is 17.2. The minimum absolute atomic E-state index is 0.554. The number of hydrogen-bond acceptors (Lipinski definition) is 6. The van der Waals surface area contributed by atoms with Crippen LogP contribution in [-0.2, 0) is 6.42 Å². The fraction of sp³-hybridized carbons (Fsp3) is 0.565. The van der Waals surface area contributed by atoms with Crippen LogP contribution in [0, 0.1) is 11.8 Å². The van der Waals surface area contributed by atoms with Crippen LogP contribution >= 0.6 is 0 Å². The van der Waals surface area contributed by atoms with E-state index in [1.165, 1.54) is 37.8 Å². The lowest BCUT2D eigenvalue weighted by atomic mass is 9.71. The Bertz CT molecular complexity index is 859. The molecule has 154 valence electrons. The average Bonchev–Trinajstić information content (AvgIpc) is 2.77. The smallest absolute Gasteiger partial charge is 0.134 e. The van der Waals surface area contributed by atoms with Crippen LogP contribution in [0.3, 0.4) is 0 Å². The van der Waals surface area contributed by atoms with Crippen molar-refractivity contribution in [3.05, 3.63) is 42.2 Å². The van der Waals surface area contributed by atoms with Crippen molar-refractivity contribution in [3.8, 4) is 5.75 Å². The first-order valence-corrected chi connectivity index (χ1v) is 10.9. The summed E-state index contributed by atoms with van der Waals surface area (Å²) in [4.78, 5) is 13.9. The topological polar surface area (TPSA) is 67.5 Å². The Morgan fingerprint density at radius 3 is 2.90 bits per heavy atom. The summed E-state index contributed by atoms with van der Waals surface area (Å²) in [5.74, 6) is 3.85. The highest BCUT2D eigenvalue weighted by Gasteiger charge is 2.47. The summed E-state index contributed by atoms with van der Waals surface area (Å²) in [5.41, 5.74) is 7.32. The zero-order valence-electron chi connectivity index (χ0n) is 17.2. The third-order valence-corrected chi connectivity index (χ3v) is 7.20. The molecule has 2 bridgehead atoms. The summed E-state index contributed by atoms with van der Waals surface area (Å²) < 4.78 is 5.47. The van der Waals surface area contributed by atoms with E-state index >= 15 is 0 Å². The van der Waals surface area contributed by atoms with E-state index in [0.29, 0.717) is 29.7 Å². The Balaban J connectivity index is 1.43. The quantitative estimate of drug-likeness (QED) is 0.861. The number of piperidine rings is 3. The Hall–Kier alpha value is -2.34. The van der Waals surface area contributed by atoms with Crippen LogP contribution in [0.1, 0.15) is 31.2 Å². The number of fused-ring (bicyclic) bond motifs is 4. The number of nitrogen functional groups attached to an aromatic ring is 1. The Morgan fingerprint density at radius 2 is 2.03 bits per heavy atom. The van der Waals surface area contributed by atoms with Gasteiger partial charge in [-0.3, -0.25) is 4.90 Å². The maximum absolute atomic E-state index is 5.95. The van der Waals surface area contributed by atoms with Gasteiger partial charge in [0.25, 0.3) is 0 Å². The van der Waals surface area contributed by atoms with Gasteiger partial charge in [-0.05, 0) is 61.8 Å². The van der Waals surface area contributed by atoms with E-state index < -0.39 is 0 Å². The van der Waals surface area contributed by atoms with Crippen LogP contribution in [-0.4, -0.2) is 53.7 Å². The van der Waals surface area contributed by atoms with Gasteiger partial charge < -0.3 is 15.4 Å². The third kappa shape index (κ3) is 3.66. The third-order valence-electron chi connectivity index (χ3n) is 7.20. The minimum atomic E-state index is 0.554. The van der Waals surface area contributed by atoms with Crippen LogP contribution in [0.15, 0.2) is 36.7 Å². The number of nitrogens with zero attached hydrogens (tertiary/aromatic N) is 4. The van der Waals surface area contributed by atoms with Gasteiger partial charge in [-0.25, -0.2) is 9.97 Å². The normalized spacial score (nSPS) is 29.3. The van der Waals surface area contributed by atoms with Crippen LogP contribution in [0.5, 0.6) is 5.75 Å². The Labute approximate surface area is 173 Å². The maximum Gasteiger partial charge on any atom is 0.134 e. The molecule has 4 heterocycles. The monoisotopic (exact) mass is 393 g/mol. The van der Waals surface area contributed by atoms with Gasteiger partial charge in [0, 0.05) is 31.2 Å². The number of ether oxygens (including phenoxy) is 1. The molecule has 3 aliphatic rings. The first-order valence-electron chi connectivity index (χ1n) is 10.9. The molecule has 29 heavy (non-hydrogen) atoms. The molecule has 3 saturated heterocycles. The van der Waals surface area contributed by atoms with Crippen LogP contribution in [0.25, 0.3) is 0 Å². The molecule has 0 saturated carbocycles. The van der Waals surface area contributed by atoms with E-state index in [1.54, 1.807) is 13.4 Å². The van der Waals surface area contributed by atoms with Crippen molar-refractivity contribution in [1.29, 1.82) is 0 Å². The lowest BCUT2D eigenvalue weighted by molar-refractivity contribution is -0.0318. The standard InChI is InChI=1S/C23H31N5O/c1-29-19-6-4-5-16(9-19)10-21-18-11-17(20-7-2-3-8-28(20)21)13-27(14-18)23-12-22(24)25-15-26-23/h4-6,9,12,15,17-18,20-21H,2-3,7-8,10-11,13-14H2,1H3,(H2,24,25,26)/t17-,18+,20+,21+/m1/s1. The fourth-order valence-corrected chi connectivity index (χ4v) is 5.95. The number of rotatable bonds is 4. The minimum Gasteiger partial charge on any atom is -0.497 e. The molecule has 2 aromatic rings. The molecule has 0 spiro atoms. The molecule has 3 aliphatic heterocycles. The molecule has 6 heteroatoms. The maximum atomic E-state index is 5.95. The van der Waals surface area contributed by atoms with Gasteiger partial charge in [-0.2, -0.15) is 0 Å². The van der Waals surface area contributed by atoms with Gasteiger partial charge in [0.2, 0.25) is 0 Å². The first-order chi connectivity index (χ1) is 14.2. The summed E-state index contributed by atoms with van der Waals surface area (Å²) >= 11 is 0. The van der Waals surface area contributed by atoms with Crippen molar-refractivity contribution in [1.82, 2.24) is 14.9 Å². The van der Waals surface area contributed by atoms with Crippen LogP contribution in [0.4, 0.5) is 11.6 Å². The summed E-state index contributed by atoms with van der Waals surface area (Å²) in [7, 11) is 1.75. The second kappa shape index (κ2) is 7.82. The molecule has 0 unspecified atom stereocenters. The number of nitrogens with two attached hydrogens (primary N) is 1. The predicted molar refractivity (Wildman–Crippen MR) is 115 cm³/mol. The van der Waals surface area contributed by atoms with E-state index in [-0.39, 0.29) is 0 Å². The SMILES string of the molecule is COc1cccc(C[C@H]2[C@H]3C[C@H](CN(c4cc(N)ncn4)C3)[C@@H]3CCCCN32)c1. The largest absolute Gasteiger partial charge is 0.497 e. The molecule has 4 atom stereocenters. The molecular weight excluding hydrogens is 362 g/mol. The van der Waals surface area contributed by atoms with Gasteiger partial charge in [-0.1, -0.05) is 18.6 Å². The summed E-state index contributed by atoms with van der Waals surface area (Å²) in [6, 6.07) is 11.8. The number of hydrogen-bond donors (Lipinski definition) is 1. The van der Waals surface area contributed by atoms with Gasteiger partial charge in [0.15, 0.2) is 0 Å². The molecule has 0 amide bonds. The second-order valence-corrected chi connectivity index (χ2v) is 8.89. The molecule has 6 nitrogen and oxygen atoms in total. The van der Waals surface area contributed by atoms with Crippen molar-refractivity contribution < 1.29 is 4.74 Å². The van der Waals surface area contributed by atoms with Crippen LogP contribution < -0.4 is 15.4 Å². The molecule has 0 radical (unpaired) electrons. The molecule has 5 rings (SSSR count). The summed E-state index contributed by atoms with van der Waals surface area (Å²) in [5, 5.41) is 0. The van der Waals surface area contributed by atoms with E-state index in [1.807, 2.05) is 12.1 Å². The van der Waals surface area contributed by atoms with E-state index in [0.717, 1.165) is 31.1 Å². The molecular formula is C23H31N5O. The molecule has 3 fully saturated rings. The van der Waals surface area contributed by atoms with Crippen molar-refractivity contribution in [2.24, 2.45) is 11.8 Å². The molecule has 1 aromatic carbocycles. The van der Waals surface area contributed by atoms with Crippen molar-refractivity contribution in [2.75, 3.05) is 37.4 Å². The van der Waals surface area contributed by atoms with E-state index in [9.17, 15) is 0 Å². The highest BCUT2D eigenvalue weighted by Crippen LogP contribution is 2.43. The number of methoxy groups -OCH3 is 1. The van der Waals surface area contributed by atoms with E-state index in [4.69, 9.17) is 10.5 Å². The lowest BCUT2D eigenvalue weighted by Crippen LogP contribution is -2.64.